The third-order valence-electron chi connectivity index (χ3n) is 6.40. The zero-order chi connectivity index (χ0) is 31.7. The number of rotatable bonds is 16. The summed E-state index contributed by atoms with van der Waals surface area (Å²) in [5.74, 6) is -0.570. The SMILES string of the molecule is C=C(C)C(=O)OCCOc1cc(C)c(OCCOC(=O)C(=C)C)c2c1SC(=C1C(=O)N(CCCC)N(CCCC)C1=O)S2. The largest absolute Gasteiger partial charge is 0.489 e. The van der Waals surface area contributed by atoms with Gasteiger partial charge in [-0.2, -0.15) is 0 Å². The number of aryl methyl sites for hydroxylation is 1. The van der Waals surface area contributed by atoms with Crippen LogP contribution in [0.2, 0.25) is 0 Å². The number of carbonyl (C=O) groups excluding carboxylic acids is 4. The molecule has 0 saturated carbocycles. The van der Waals surface area contributed by atoms with Crippen LogP contribution in [0.25, 0.3) is 0 Å². The van der Waals surface area contributed by atoms with Crippen LogP contribution in [-0.4, -0.2) is 73.3 Å². The van der Waals surface area contributed by atoms with E-state index in [0.29, 0.717) is 49.8 Å². The van der Waals surface area contributed by atoms with Crippen LogP contribution in [0.1, 0.15) is 58.9 Å². The lowest BCUT2D eigenvalue weighted by atomic mass is 10.2. The summed E-state index contributed by atoms with van der Waals surface area (Å²) in [6.45, 7) is 17.4. The van der Waals surface area contributed by atoms with E-state index in [0.717, 1.165) is 31.2 Å². The summed E-state index contributed by atoms with van der Waals surface area (Å²) >= 11 is 2.57. The molecule has 0 bridgehead atoms. The van der Waals surface area contributed by atoms with Crippen molar-refractivity contribution in [3.8, 4) is 11.5 Å². The number of carbonyl (C=O) groups is 4. The molecule has 0 aliphatic carbocycles. The zero-order valence-corrected chi connectivity index (χ0v) is 27.2. The summed E-state index contributed by atoms with van der Waals surface area (Å²) in [6.07, 6.45) is 3.35. The number of hydrazine groups is 1. The second kappa shape index (κ2) is 15.9. The first-order valence-electron chi connectivity index (χ1n) is 14.3. The Labute approximate surface area is 261 Å². The average molecular weight is 633 g/mol. The summed E-state index contributed by atoms with van der Waals surface area (Å²) in [4.78, 5) is 52.2. The minimum Gasteiger partial charge on any atom is -0.489 e. The van der Waals surface area contributed by atoms with Gasteiger partial charge in [0.1, 0.15) is 43.5 Å². The Morgan fingerprint density at radius 1 is 0.791 bits per heavy atom. The van der Waals surface area contributed by atoms with E-state index in [1.807, 2.05) is 20.8 Å². The maximum absolute atomic E-state index is 13.6. The van der Waals surface area contributed by atoms with Gasteiger partial charge in [0.25, 0.3) is 11.8 Å². The minimum absolute atomic E-state index is 0.0212. The van der Waals surface area contributed by atoms with E-state index < -0.39 is 11.9 Å². The molecule has 0 spiro atoms. The van der Waals surface area contributed by atoms with Crippen LogP contribution in [0, 0.1) is 6.92 Å². The van der Waals surface area contributed by atoms with Crippen LogP contribution in [0.5, 0.6) is 11.5 Å². The summed E-state index contributed by atoms with van der Waals surface area (Å²) in [5, 5.41) is 3.14. The summed E-state index contributed by atoms with van der Waals surface area (Å²) < 4.78 is 23.0. The standard InChI is InChI=1S/C31H40N2O8S2/c1-8-10-12-32-27(34)23(28(35)33(32)13-11-9-2)31-42-25-22(38-14-16-40-29(36)19(3)4)18-21(7)24(26(25)43-31)39-15-17-41-30(37)20(5)6/h18H,3,5,8-17H2,1-2,4,6-7H3. The van der Waals surface area contributed by atoms with Crippen molar-refractivity contribution < 1.29 is 38.1 Å². The van der Waals surface area contributed by atoms with E-state index in [4.69, 9.17) is 18.9 Å². The minimum atomic E-state index is -0.503. The van der Waals surface area contributed by atoms with Gasteiger partial charge in [0.2, 0.25) is 0 Å². The highest BCUT2D eigenvalue weighted by molar-refractivity contribution is 8.25. The smallest absolute Gasteiger partial charge is 0.333 e. The molecule has 2 aliphatic heterocycles. The van der Waals surface area contributed by atoms with Gasteiger partial charge in [-0.1, -0.05) is 63.4 Å². The number of esters is 2. The lowest BCUT2D eigenvalue weighted by Crippen LogP contribution is -2.42. The number of nitrogens with zero attached hydrogens (tertiary/aromatic N) is 2. The molecule has 3 rings (SSSR count). The predicted molar refractivity (Wildman–Crippen MR) is 166 cm³/mol. The highest BCUT2D eigenvalue weighted by Gasteiger charge is 2.44. The van der Waals surface area contributed by atoms with Crippen LogP contribution >= 0.6 is 23.5 Å². The average Bonchev–Trinajstić information content (AvgIpc) is 3.49. The monoisotopic (exact) mass is 632 g/mol. The third-order valence-corrected chi connectivity index (χ3v) is 9.02. The Bertz CT molecular complexity index is 1300. The van der Waals surface area contributed by atoms with Gasteiger partial charge in [-0.05, 0) is 45.2 Å². The van der Waals surface area contributed by atoms with Crippen molar-refractivity contribution in [1.29, 1.82) is 0 Å². The van der Waals surface area contributed by atoms with Crippen molar-refractivity contribution in [3.63, 3.8) is 0 Å². The van der Waals surface area contributed by atoms with E-state index in [9.17, 15) is 19.2 Å². The van der Waals surface area contributed by atoms with Gasteiger partial charge in [-0.25, -0.2) is 19.6 Å². The molecule has 0 unspecified atom stereocenters. The van der Waals surface area contributed by atoms with Crippen LogP contribution in [0.4, 0.5) is 0 Å². The molecule has 1 fully saturated rings. The number of ether oxygens (including phenoxy) is 4. The first-order valence-corrected chi connectivity index (χ1v) is 16.0. The zero-order valence-electron chi connectivity index (χ0n) is 25.5. The van der Waals surface area contributed by atoms with Gasteiger partial charge < -0.3 is 18.9 Å². The van der Waals surface area contributed by atoms with E-state index >= 15 is 0 Å². The number of hydrogen-bond acceptors (Lipinski definition) is 10. The number of amides is 2. The number of hydrogen-bond donors (Lipinski definition) is 0. The molecule has 43 heavy (non-hydrogen) atoms. The van der Waals surface area contributed by atoms with Gasteiger partial charge in [0.15, 0.2) is 0 Å². The van der Waals surface area contributed by atoms with Gasteiger partial charge in [-0.3, -0.25) is 9.59 Å². The van der Waals surface area contributed by atoms with E-state index in [2.05, 4.69) is 13.2 Å². The number of unbranched alkanes of at least 4 members (excludes halogenated alkanes) is 2. The molecule has 234 valence electrons. The highest BCUT2D eigenvalue weighted by Crippen LogP contribution is 2.60. The lowest BCUT2D eigenvalue weighted by molar-refractivity contribution is -0.147. The molecule has 0 radical (unpaired) electrons. The fraction of sp³-hybridized carbons (Fsp3) is 0.484. The van der Waals surface area contributed by atoms with Crippen LogP contribution in [-0.2, 0) is 28.7 Å². The van der Waals surface area contributed by atoms with Crippen LogP contribution in [0.3, 0.4) is 0 Å². The topological polar surface area (TPSA) is 112 Å². The van der Waals surface area contributed by atoms with Crippen molar-refractivity contribution in [3.05, 3.63) is 45.7 Å². The predicted octanol–water partition coefficient (Wildman–Crippen LogP) is 5.59. The van der Waals surface area contributed by atoms with Gasteiger partial charge in [-0.15, -0.1) is 0 Å². The molecular formula is C31H40N2O8S2. The molecule has 0 N–H and O–H groups in total. The van der Waals surface area contributed by atoms with Crippen molar-refractivity contribution in [2.75, 3.05) is 39.5 Å². The summed E-state index contributed by atoms with van der Waals surface area (Å²) in [5.41, 5.74) is 1.47. The lowest BCUT2D eigenvalue weighted by Gasteiger charge is -2.27. The fourth-order valence-corrected chi connectivity index (χ4v) is 6.87. The van der Waals surface area contributed by atoms with Crippen molar-refractivity contribution >= 4 is 47.3 Å². The summed E-state index contributed by atoms with van der Waals surface area (Å²) in [6, 6.07) is 1.80. The molecule has 2 amide bonds. The van der Waals surface area contributed by atoms with Crippen molar-refractivity contribution in [1.82, 2.24) is 10.0 Å². The Kier molecular flexibility index (Phi) is 12.6. The second-order valence-electron chi connectivity index (χ2n) is 10.1. The van der Waals surface area contributed by atoms with Gasteiger partial charge in [0.05, 0.1) is 14.0 Å². The Balaban J connectivity index is 1.92. The molecule has 12 heteroatoms. The Morgan fingerprint density at radius 2 is 1.28 bits per heavy atom. The molecule has 10 nitrogen and oxygen atoms in total. The third kappa shape index (κ3) is 8.38. The van der Waals surface area contributed by atoms with Gasteiger partial charge in [0, 0.05) is 24.2 Å². The molecule has 2 heterocycles. The Morgan fingerprint density at radius 3 is 1.77 bits per heavy atom. The second-order valence-corrected chi connectivity index (χ2v) is 12.4. The van der Waals surface area contributed by atoms with Crippen molar-refractivity contribution in [2.24, 2.45) is 0 Å². The molecular weight excluding hydrogens is 592 g/mol. The van der Waals surface area contributed by atoms with Gasteiger partial charge >= 0.3 is 11.9 Å². The normalized spacial score (nSPS) is 14.3. The molecule has 1 aromatic carbocycles. The van der Waals surface area contributed by atoms with Crippen LogP contribution < -0.4 is 9.47 Å². The molecule has 1 aromatic rings. The molecule has 1 saturated heterocycles. The Hall–Kier alpha value is -3.38. The first kappa shape index (κ1) is 34.1. The number of benzene rings is 1. The maximum atomic E-state index is 13.6. The molecule has 0 atom stereocenters. The van der Waals surface area contributed by atoms with E-state index in [1.165, 1.54) is 23.5 Å². The highest BCUT2D eigenvalue weighted by atomic mass is 32.2. The quantitative estimate of drug-likeness (QED) is 0.0990. The van der Waals surface area contributed by atoms with Crippen molar-refractivity contribution in [2.45, 2.75) is 70.1 Å². The number of thioether (sulfide) groups is 2. The fourth-order valence-electron chi connectivity index (χ4n) is 4.12. The number of fused-ring (bicyclic) bond motifs is 1. The van der Waals surface area contributed by atoms with E-state index in [1.54, 1.807) is 29.9 Å². The summed E-state index contributed by atoms with van der Waals surface area (Å²) in [7, 11) is 0. The van der Waals surface area contributed by atoms with E-state index in [-0.39, 0.29) is 43.8 Å². The molecule has 2 aliphatic rings. The maximum Gasteiger partial charge on any atom is 0.333 e. The first-order chi connectivity index (χ1) is 20.5. The molecule has 0 aromatic heterocycles. The van der Waals surface area contributed by atoms with Crippen LogP contribution in [0.15, 0.2) is 50.0 Å².